The molecular formula is C6H12N2S. The fraction of sp³-hybridized carbons (Fsp3) is 0.500. The molecule has 0 aliphatic carbocycles. The van der Waals surface area contributed by atoms with Crippen LogP contribution >= 0.6 is 12.6 Å². The van der Waals surface area contributed by atoms with Crippen LogP contribution in [0.4, 0.5) is 0 Å². The van der Waals surface area contributed by atoms with Gasteiger partial charge in [-0.15, -0.1) is 0 Å². The van der Waals surface area contributed by atoms with E-state index in [1.54, 1.807) is 5.01 Å². The number of hydrazone groups is 1. The molecule has 0 amide bonds. The summed E-state index contributed by atoms with van der Waals surface area (Å²) in [5, 5.41) is 5.46. The SMILES string of the molecule is C=NN(/C=C\C)CCS. The van der Waals surface area contributed by atoms with Crippen LogP contribution in [0.2, 0.25) is 0 Å². The highest BCUT2D eigenvalue weighted by molar-refractivity contribution is 7.80. The maximum Gasteiger partial charge on any atom is 0.0496 e. The van der Waals surface area contributed by atoms with Crippen LogP contribution in [0.1, 0.15) is 6.92 Å². The Labute approximate surface area is 61.7 Å². The van der Waals surface area contributed by atoms with Gasteiger partial charge in [-0.25, -0.2) is 0 Å². The fourth-order valence-corrected chi connectivity index (χ4v) is 0.672. The minimum absolute atomic E-state index is 0.795. The van der Waals surface area contributed by atoms with E-state index in [9.17, 15) is 0 Å². The number of hydrogen-bond donors (Lipinski definition) is 1. The fourth-order valence-electron chi connectivity index (χ4n) is 0.467. The van der Waals surface area contributed by atoms with Crippen molar-refractivity contribution >= 4 is 19.3 Å². The van der Waals surface area contributed by atoms with Crippen molar-refractivity contribution in [3.63, 3.8) is 0 Å². The van der Waals surface area contributed by atoms with Gasteiger partial charge in [0.05, 0.1) is 0 Å². The third-order valence-electron chi connectivity index (χ3n) is 0.832. The lowest BCUT2D eigenvalue weighted by molar-refractivity contribution is 0.429. The predicted octanol–water partition coefficient (Wildman–Crippen LogP) is 1.37. The van der Waals surface area contributed by atoms with Gasteiger partial charge in [0.25, 0.3) is 0 Å². The van der Waals surface area contributed by atoms with E-state index in [4.69, 9.17) is 0 Å². The van der Waals surface area contributed by atoms with E-state index >= 15 is 0 Å². The lowest BCUT2D eigenvalue weighted by atomic mass is 10.6. The molecule has 0 aromatic heterocycles. The molecule has 0 fully saturated rings. The molecule has 0 bridgehead atoms. The highest BCUT2D eigenvalue weighted by atomic mass is 32.1. The minimum atomic E-state index is 0.795. The van der Waals surface area contributed by atoms with Crippen LogP contribution in [0.25, 0.3) is 0 Å². The van der Waals surface area contributed by atoms with Crippen molar-refractivity contribution in [2.75, 3.05) is 12.3 Å². The smallest absolute Gasteiger partial charge is 0.0496 e. The molecule has 0 aliphatic rings. The molecule has 2 nitrogen and oxygen atoms in total. The molecular weight excluding hydrogens is 132 g/mol. The van der Waals surface area contributed by atoms with E-state index < -0.39 is 0 Å². The van der Waals surface area contributed by atoms with Crippen molar-refractivity contribution in [1.82, 2.24) is 5.01 Å². The molecule has 0 N–H and O–H groups in total. The van der Waals surface area contributed by atoms with E-state index in [0.29, 0.717) is 0 Å². The van der Waals surface area contributed by atoms with Gasteiger partial charge in [0.2, 0.25) is 0 Å². The molecule has 0 aromatic carbocycles. The molecule has 0 atom stereocenters. The highest BCUT2D eigenvalue weighted by Gasteiger charge is 1.87. The Balaban J connectivity index is 3.53. The summed E-state index contributed by atoms with van der Waals surface area (Å²) in [6.07, 6.45) is 3.78. The van der Waals surface area contributed by atoms with Crippen LogP contribution < -0.4 is 0 Å². The van der Waals surface area contributed by atoms with E-state index in [2.05, 4.69) is 24.4 Å². The van der Waals surface area contributed by atoms with Crippen molar-refractivity contribution < 1.29 is 0 Å². The summed E-state index contributed by atoms with van der Waals surface area (Å²) < 4.78 is 0. The zero-order chi connectivity index (χ0) is 7.11. The second kappa shape index (κ2) is 5.69. The molecule has 0 radical (unpaired) electrons. The predicted molar refractivity (Wildman–Crippen MR) is 44.9 cm³/mol. The first-order valence-corrected chi connectivity index (χ1v) is 3.45. The second-order valence-corrected chi connectivity index (χ2v) is 1.96. The molecule has 0 rings (SSSR count). The van der Waals surface area contributed by atoms with E-state index in [0.717, 1.165) is 12.3 Å². The van der Waals surface area contributed by atoms with Crippen molar-refractivity contribution in [2.45, 2.75) is 6.92 Å². The molecule has 52 valence electrons. The van der Waals surface area contributed by atoms with Crippen molar-refractivity contribution in [3.05, 3.63) is 12.3 Å². The van der Waals surface area contributed by atoms with Crippen LogP contribution in [0.5, 0.6) is 0 Å². The van der Waals surface area contributed by atoms with Gasteiger partial charge in [-0.1, -0.05) is 6.08 Å². The summed E-state index contributed by atoms with van der Waals surface area (Å²) in [6, 6.07) is 0. The average molecular weight is 144 g/mol. The Hall–Kier alpha value is -0.440. The van der Waals surface area contributed by atoms with E-state index in [1.807, 2.05) is 19.2 Å². The van der Waals surface area contributed by atoms with Gasteiger partial charge in [0, 0.05) is 25.2 Å². The topological polar surface area (TPSA) is 15.6 Å². The largest absolute Gasteiger partial charge is 0.273 e. The van der Waals surface area contributed by atoms with Gasteiger partial charge in [-0.3, -0.25) is 5.01 Å². The summed E-state index contributed by atoms with van der Waals surface area (Å²) in [5.41, 5.74) is 0. The number of allylic oxidation sites excluding steroid dienone is 1. The van der Waals surface area contributed by atoms with Gasteiger partial charge in [0.15, 0.2) is 0 Å². The third kappa shape index (κ3) is 4.09. The molecule has 3 heteroatoms. The van der Waals surface area contributed by atoms with E-state index in [-0.39, 0.29) is 0 Å². The monoisotopic (exact) mass is 144 g/mol. The molecule has 9 heavy (non-hydrogen) atoms. The zero-order valence-corrected chi connectivity index (χ0v) is 6.51. The summed E-state index contributed by atoms with van der Waals surface area (Å²) >= 11 is 4.04. The lowest BCUT2D eigenvalue weighted by Gasteiger charge is -2.09. The number of thiol groups is 1. The second-order valence-electron chi connectivity index (χ2n) is 1.51. The molecule has 0 unspecified atom stereocenters. The first-order valence-electron chi connectivity index (χ1n) is 2.82. The first kappa shape index (κ1) is 8.56. The average Bonchev–Trinajstić information content (AvgIpc) is 1.88. The van der Waals surface area contributed by atoms with Gasteiger partial charge in [-0.2, -0.15) is 17.7 Å². The summed E-state index contributed by atoms with van der Waals surface area (Å²) in [5.74, 6) is 0.795. The molecule has 0 heterocycles. The normalized spacial score (nSPS) is 10.0. The molecule has 0 spiro atoms. The number of nitrogens with zero attached hydrogens (tertiary/aromatic N) is 2. The number of rotatable bonds is 4. The minimum Gasteiger partial charge on any atom is -0.273 e. The Morgan fingerprint density at radius 1 is 1.78 bits per heavy atom. The van der Waals surface area contributed by atoms with Crippen molar-refractivity contribution in [2.24, 2.45) is 5.10 Å². The summed E-state index contributed by atoms with van der Waals surface area (Å²) in [6.45, 7) is 6.15. The van der Waals surface area contributed by atoms with Crippen molar-refractivity contribution in [1.29, 1.82) is 0 Å². The van der Waals surface area contributed by atoms with Crippen LogP contribution in [0, 0.1) is 0 Å². The van der Waals surface area contributed by atoms with Crippen LogP contribution in [-0.2, 0) is 0 Å². The van der Waals surface area contributed by atoms with E-state index in [1.165, 1.54) is 0 Å². The van der Waals surface area contributed by atoms with Crippen LogP contribution in [-0.4, -0.2) is 24.0 Å². The Morgan fingerprint density at radius 2 is 2.44 bits per heavy atom. The number of hydrogen-bond acceptors (Lipinski definition) is 3. The van der Waals surface area contributed by atoms with Crippen molar-refractivity contribution in [3.8, 4) is 0 Å². The maximum absolute atomic E-state index is 4.04. The zero-order valence-electron chi connectivity index (χ0n) is 5.62. The van der Waals surface area contributed by atoms with Crippen LogP contribution in [0.15, 0.2) is 17.4 Å². The van der Waals surface area contributed by atoms with Gasteiger partial charge in [0.1, 0.15) is 0 Å². The molecule has 0 saturated carbocycles. The Kier molecular flexibility index (Phi) is 5.41. The molecule has 0 aromatic rings. The maximum atomic E-state index is 4.04. The quantitative estimate of drug-likeness (QED) is 0.358. The third-order valence-corrected chi connectivity index (χ3v) is 1.03. The Bertz CT molecular complexity index is 101. The standard InChI is InChI=1S/C6H12N2S/c1-3-4-8(7-2)5-6-9/h3-4,9H,2,5-6H2,1H3/b4-3-. The Morgan fingerprint density at radius 3 is 2.78 bits per heavy atom. The lowest BCUT2D eigenvalue weighted by Crippen LogP contribution is -2.11. The van der Waals surface area contributed by atoms with Gasteiger partial charge >= 0.3 is 0 Å². The molecule has 0 aliphatic heterocycles. The summed E-state index contributed by atoms with van der Waals surface area (Å²) in [7, 11) is 0. The van der Waals surface area contributed by atoms with Gasteiger partial charge < -0.3 is 0 Å². The highest BCUT2D eigenvalue weighted by Crippen LogP contribution is 1.89. The van der Waals surface area contributed by atoms with Gasteiger partial charge in [-0.05, 0) is 6.92 Å². The van der Waals surface area contributed by atoms with Crippen LogP contribution in [0.3, 0.4) is 0 Å². The molecule has 0 saturated heterocycles. The first-order chi connectivity index (χ1) is 4.35. The summed E-state index contributed by atoms with van der Waals surface area (Å²) in [4.78, 5) is 0.